The van der Waals surface area contributed by atoms with Gasteiger partial charge in [0.1, 0.15) is 15.8 Å². The molecule has 0 bridgehead atoms. The van der Waals surface area contributed by atoms with Gasteiger partial charge >= 0.3 is 0 Å². The topological polar surface area (TPSA) is 17.8 Å². The lowest BCUT2D eigenvalue weighted by molar-refractivity contribution is 0.747. The molecule has 2 nitrogen and oxygen atoms in total. The molecule has 0 amide bonds. The number of halogens is 2. The first-order chi connectivity index (χ1) is 3.72. The summed E-state index contributed by atoms with van der Waals surface area (Å²) in [7, 11) is 1.78. The lowest BCUT2D eigenvalue weighted by atomic mass is 10.7. The van der Waals surface area contributed by atoms with Gasteiger partial charge in [-0.3, -0.25) is 4.68 Å². The van der Waals surface area contributed by atoms with Crippen molar-refractivity contribution in [1.29, 1.82) is 0 Å². The highest BCUT2D eigenvalue weighted by Gasteiger charge is 1.99. The minimum atomic E-state index is 0.521. The minimum Gasteiger partial charge on any atom is -0.259 e. The molecular formula is C4H3BrClN2. The largest absolute Gasteiger partial charge is 0.259 e. The monoisotopic (exact) mass is 193 g/mol. The number of hydrogen-bond donors (Lipinski definition) is 0. The van der Waals surface area contributed by atoms with Crippen molar-refractivity contribution in [3.63, 3.8) is 0 Å². The smallest absolute Gasteiger partial charge is 0.134 e. The Hall–Kier alpha value is -0.0200. The van der Waals surface area contributed by atoms with E-state index >= 15 is 0 Å². The van der Waals surface area contributed by atoms with E-state index in [1.165, 1.54) is 0 Å². The summed E-state index contributed by atoms with van der Waals surface area (Å²) in [4.78, 5) is 0. The zero-order valence-electron chi connectivity index (χ0n) is 4.15. The first-order valence-corrected chi connectivity index (χ1v) is 3.14. The maximum Gasteiger partial charge on any atom is 0.134 e. The van der Waals surface area contributed by atoms with Gasteiger partial charge in [0.25, 0.3) is 0 Å². The molecule has 1 rings (SSSR count). The predicted molar refractivity (Wildman–Crippen MR) is 34.8 cm³/mol. The molecule has 1 heterocycles. The normalized spacial score (nSPS) is 9.88. The first kappa shape index (κ1) is 6.11. The highest BCUT2D eigenvalue weighted by molar-refractivity contribution is 9.10. The molecule has 0 saturated carbocycles. The summed E-state index contributed by atoms with van der Waals surface area (Å²) in [6, 6.07) is 0. The molecule has 1 aromatic rings. The molecule has 0 aromatic carbocycles. The fraction of sp³-hybridized carbons (Fsp3) is 0.250. The van der Waals surface area contributed by atoms with E-state index < -0.39 is 0 Å². The third-order valence-corrected chi connectivity index (χ3v) is 2.16. The van der Waals surface area contributed by atoms with Gasteiger partial charge in [0.05, 0.1) is 0 Å². The van der Waals surface area contributed by atoms with Crippen molar-refractivity contribution < 1.29 is 0 Å². The van der Waals surface area contributed by atoms with E-state index in [0.29, 0.717) is 5.02 Å². The van der Waals surface area contributed by atoms with Crippen LogP contribution in [0.4, 0.5) is 0 Å². The van der Waals surface area contributed by atoms with Crippen LogP contribution < -0.4 is 0 Å². The van der Waals surface area contributed by atoms with E-state index in [1.807, 2.05) is 0 Å². The molecule has 0 aliphatic rings. The van der Waals surface area contributed by atoms with E-state index in [0.717, 1.165) is 4.60 Å². The molecule has 1 aromatic heterocycles. The summed E-state index contributed by atoms with van der Waals surface area (Å²) in [5, 5.41) is 4.25. The molecule has 0 fully saturated rings. The second-order valence-corrected chi connectivity index (χ2v) is 2.47. The Labute approximate surface area is 60.6 Å². The van der Waals surface area contributed by atoms with E-state index in [1.54, 1.807) is 11.7 Å². The van der Waals surface area contributed by atoms with Crippen molar-refractivity contribution in [1.82, 2.24) is 9.78 Å². The summed E-state index contributed by atoms with van der Waals surface area (Å²) in [5.41, 5.74) is 0. The summed E-state index contributed by atoms with van der Waals surface area (Å²) in [6.07, 6.45) is 2.57. The van der Waals surface area contributed by atoms with Crippen LogP contribution in [0.15, 0.2) is 4.60 Å². The Kier molecular flexibility index (Phi) is 1.58. The van der Waals surface area contributed by atoms with Gasteiger partial charge in [-0.1, -0.05) is 11.6 Å². The Morgan fingerprint density at radius 3 is 2.62 bits per heavy atom. The van der Waals surface area contributed by atoms with Crippen molar-refractivity contribution in [3.8, 4) is 0 Å². The third-order valence-electron chi connectivity index (χ3n) is 0.763. The van der Waals surface area contributed by atoms with Gasteiger partial charge in [0.2, 0.25) is 0 Å². The summed E-state index contributed by atoms with van der Waals surface area (Å²) in [6.45, 7) is 0. The lowest BCUT2D eigenvalue weighted by Crippen LogP contribution is -1.87. The second kappa shape index (κ2) is 2.07. The second-order valence-electron chi connectivity index (χ2n) is 1.34. The molecule has 0 aliphatic carbocycles. The Balaban J connectivity index is 3.19. The number of aromatic nitrogens is 2. The molecule has 0 unspecified atom stereocenters. The lowest BCUT2D eigenvalue weighted by Gasteiger charge is -1.86. The number of nitrogens with zero attached hydrogens (tertiary/aromatic N) is 2. The van der Waals surface area contributed by atoms with Crippen LogP contribution in [0, 0.1) is 6.20 Å². The molecule has 0 saturated heterocycles. The Bertz CT molecular complexity index is 176. The molecule has 0 spiro atoms. The number of aryl methyl sites for hydroxylation is 1. The van der Waals surface area contributed by atoms with Crippen molar-refractivity contribution >= 4 is 27.5 Å². The summed E-state index contributed by atoms with van der Waals surface area (Å²) in [5.74, 6) is 0. The molecule has 4 heteroatoms. The maximum atomic E-state index is 5.54. The van der Waals surface area contributed by atoms with Gasteiger partial charge in [0.15, 0.2) is 0 Å². The van der Waals surface area contributed by atoms with Crippen LogP contribution in [-0.2, 0) is 7.05 Å². The molecule has 0 N–H and O–H groups in total. The van der Waals surface area contributed by atoms with Gasteiger partial charge < -0.3 is 0 Å². The standard InChI is InChI=1S/C4H3BrClN2/c1-8-4(5)3(6)2-7-8/h1H3. The van der Waals surface area contributed by atoms with Crippen LogP contribution in [0.5, 0.6) is 0 Å². The van der Waals surface area contributed by atoms with Gasteiger partial charge in [-0.2, -0.15) is 5.10 Å². The maximum absolute atomic E-state index is 5.54. The van der Waals surface area contributed by atoms with E-state index in [9.17, 15) is 0 Å². The van der Waals surface area contributed by atoms with Gasteiger partial charge in [-0.05, 0) is 15.9 Å². The quantitative estimate of drug-likeness (QED) is 0.614. The van der Waals surface area contributed by atoms with Crippen LogP contribution in [0.1, 0.15) is 0 Å². The predicted octanol–water partition coefficient (Wildman–Crippen LogP) is 1.64. The summed E-state index contributed by atoms with van der Waals surface area (Å²) >= 11 is 8.73. The zero-order chi connectivity index (χ0) is 6.15. The molecule has 43 valence electrons. The fourth-order valence-electron chi connectivity index (χ4n) is 0.351. The highest BCUT2D eigenvalue weighted by Crippen LogP contribution is 2.18. The van der Waals surface area contributed by atoms with Crippen LogP contribution in [0.2, 0.25) is 5.02 Å². The van der Waals surface area contributed by atoms with Gasteiger partial charge in [-0.15, -0.1) is 0 Å². The van der Waals surface area contributed by atoms with Gasteiger partial charge in [0, 0.05) is 7.05 Å². The van der Waals surface area contributed by atoms with Crippen LogP contribution >= 0.6 is 27.5 Å². The van der Waals surface area contributed by atoms with Crippen LogP contribution in [-0.4, -0.2) is 9.78 Å². The molecule has 0 atom stereocenters. The van der Waals surface area contributed by atoms with E-state index in [2.05, 4.69) is 27.2 Å². The van der Waals surface area contributed by atoms with Crippen LogP contribution in [0.25, 0.3) is 0 Å². The first-order valence-electron chi connectivity index (χ1n) is 1.97. The molecule has 1 radical (unpaired) electrons. The van der Waals surface area contributed by atoms with Crippen molar-refractivity contribution in [3.05, 3.63) is 15.8 Å². The number of rotatable bonds is 0. The highest BCUT2D eigenvalue weighted by atomic mass is 79.9. The Morgan fingerprint density at radius 2 is 2.50 bits per heavy atom. The van der Waals surface area contributed by atoms with Crippen molar-refractivity contribution in [2.45, 2.75) is 0 Å². The molecular weight excluding hydrogens is 191 g/mol. The number of hydrogen-bond acceptors (Lipinski definition) is 1. The third kappa shape index (κ3) is 0.880. The average Bonchev–Trinajstić information content (AvgIpc) is 1.98. The minimum absolute atomic E-state index is 0.521. The zero-order valence-corrected chi connectivity index (χ0v) is 6.49. The van der Waals surface area contributed by atoms with E-state index in [-0.39, 0.29) is 0 Å². The van der Waals surface area contributed by atoms with Crippen LogP contribution in [0.3, 0.4) is 0 Å². The summed E-state index contributed by atoms with van der Waals surface area (Å²) < 4.78 is 2.36. The van der Waals surface area contributed by atoms with Gasteiger partial charge in [-0.25, -0.2) is 0 Å². The fourth-order valence-corrected chi connectivity index (χ4v) is 0.679. The molecule has 0 aliphatic heterocycles. The molecule has 8 heavy (non-hydrogen) atoms. The Morgan fingerprint density at radius 1 is 1.88 bits per heavy atom. The van der Waals surface area contributed by atoms with E-state index in [4.69, 9.17) is 11.6 Å². The SMILES string of the molecule is Cn1n[c]c(Cl)c1Br. The average molecular weight is 194 g/mol. The van der Waals surface area contributed by atoms with Crippen molar-refractivity contribution in [2.75, 3.05) is 0 Å². The van der Waals surface area contributed by atoms with Crippen molar-refractivity contribution in [2.24, 2.45) is 7.05 Å².